The van der Waals surface area contributed by atoms with Crippen molar-refractivity contribution in [1.29, 1.82) is 0 Å². The first kappa shape index (κ1) is 24.6. The lowest BCUT2D eigenvalue weighted by Gasteiger charge is -2.26. The number of hydrogen-bond acceptors (Lipinski definition) is 5. The quantitative estimate of drug-likeness (QED) is 0.440. The molecule has 4 rings (SSSR count). The van der Waals surface area contributed by atoms with Gasteiger partial charge in [0.25, 0.3) is 0 Å². The predicted octanol–water partition coefficient (Wildman–Crippen LogP) is 5.08. The predicted molar refractivity (Wildman–Crippen MR) is 134 cm³/mol. The second-order valence-corrected chi connectivity index (χ2v) is 8.64. The molecule has 2 aromatic carbocycles. The molecule has 1 aliphatic rings. The van der Waals surface area contributed by atoms with Crippen molar-refractivity contribution in [1.82, 2.24) is 20.0 Å². The molecule has 35 heavy (non-hydrogen) atoms. The van der Waals surface area contributed by atoms with Crippen molar-refractivity contribution in [3.05, 3.63) is 65.9 Å². The molecule has 1 atom stereocenters. The third-order valence-electron chi connectivity index (χ3n) is 6.02. The van der Waals surface area contributed by atoms with Crippen molar-refractivity contribution in [2.45, 2.75) is 45.8 Å². The molecule has 3 aromatic rings. The summed E-state index contributed by atoms with van der Waals surface area (Å²) < 4.78 is 19.3. The first-order valence-electron chi connectivity index (χ1n) is 12.2. The molecule has 0 aliphatic carbocycles. The van der Waals surface area contributed by atoms with Crippen LogP contribution in [-0.2, 0) is 11.3 Å². The topological polar surface area (TPSA) is 77.9 Å². The summed E-state index contributed by atoms with van der Waals surface area (Å²) in [6.07, 6.45) is 2.88. The van der Waals surface area contributed by atoms with Gasteiger partial charge in [-0.2, -0.15) is 5.10 Å². The van der Waals surface area contributed by atoms with E-state index in [1.54, 1.807) is 11.8 Å². The van der Waals surface area contributed by atoms with Gasteiger partial charge in [0.15, 0.2) is 0 Å². The first-order valence-corrected chi connectivity index (χ1v) is 12.2. The van der Waals surface area contributed by atoms with Gasteiger partial charge in [0.1, 0.15) is 11.5 Å². The number of para-hydroxylation sites is 1. The number of aryl methyl sites for hydroxylation is 1. The Kier molecular flexibility index (Phi) is 8.26. The molecule has 1 aliphatic heterocycles. The van der Waals surface area contributed by atoms with E-state index in [0.717, 1.165) is 48.6 Å². The van der Waals surface area contributed by atoms with Gasteiger partial charge in [0.2, 0.25) is 5.88 Å². The molecule has 8 heteroatoms. The van der Waals surface area contributed by atoms with E-state index in [-0.39, 0.29) is 12.1 Å². The van der Waals surface area contributed by atoms with Crippen LogP contribution in [0.2, 0.25) is 0 Å². The highest BCUT2D eigenvalue weighted by atomic mass is 16.5. The number of methoxy groups -OCH3 is 1. The molecule has 0 unspecified atom stereocenters. The summed E-state index contributed by atoms with van der Waals surface area (Å²) in [4.78, 5) is 14.9. The average Bonchev–Trinajstić information content (AvgIpc) is 3.51. The van der Waals surface area contributed by atoms with E-state index < -0.39 is 0 Å². The number of carbonyl (C=O) groups excluding carboxylic acids is 1. The van der Waals surface area contributed by atoms with Crippen LogP contribution >= 0.6 is 0 Å². The van der Waals surface area contributed by atoms with Crippen molar-refractivity contribution in [2.75, 3.05) is 26.8 Å². The van der Waals surface area contributed by atoms with E-state index in [1.807, 2.05) is 73.3 Å². The van der Waals surface area contributed by atoms with Gasteiger partial charge in [-0.25, -0.2) is 9.48 Å². The Morgan fingerprint density at radius 1 is 1.17 bits per heavy atom. The second-order valence-electron chi connectivity index (χ2n) is 8.64. The minimum absolute atomic E-state index is 0.0396. The molecule has 0 spiro atoms. The third kappa shape index (κ3) is 6.14. The van der Waals surface area contributed by atoms with Gasteiger partial charge in [-0.1, -0.05) is 25.1 Å². The van der Waals surface area contributed by atoms with Gasteiger partial charge in [-0.3, -0.25) is 0 Å². The van der Waals surface area contributed by atoms with Crippen molar-refractivity contribution in [2.24, 2.45) is 0 Å². The highest BCUT2D eigenvalue weighted by Crippen LogP contribution is 2.32. The Hall–Kier alpha value is -3.52. The monoisotopic (exact) mass is 478 g/mol. The normalized spacial score (nSPS) is 15.1. The molecule has 1 saturated heterocycles. The lowest BCUT2D eigenvalue weighted by molar-refractivity contribution is 0.0793. The number of carbonyl (C=O) groups is 1. The molecule has 1 N–H and O–H groups in total. The Labute approximate surface area is 206 Å². The van der Waals surface area contributed by atoms with E-state index >= 15 is 0 Å². The number of amides is 2. The maximum atomic E-state index is 13.1. The Morgan fingerprint density at radius 2 is 1.91 bits per heavy atom. The Morgan fingerprint density at radius 3 is 2.57 bits per heavy atom. The maximum Gasteiger partial charge on any atom is 0.317 e. The zero-order valence-electron chi connectivity index (χ0n) is 20.7. The van der Waals surface area contributed by atoms with Crippen molar-refractivity contribution < 1.29 is 19.0 Å². The summed E-state index contributed by atoms with van der Waals surface area (Å²) in [7, 11) is 1.63. The van der Waals surface area contributed by atoms with Gasteiger partial charge in [0.05, 0.1) is 36.7 Å². The number of urea groups is 1. The van der Waals surface area contributed by atoms with Crippen molar-refractivity contribution in [3.63, 3.8) is 0 Å². The standard InChI is InChI=1S/C27H34N4O4/c1-4-16-28-27(32)30(18-24-11-8-17-34-24)19-25-20(2)29-31(21-9-6-5-7-10-21)26(25)35-23-14-12-22(33-3)13-15-23/h5-7,9-10,12-15,24H,4,8,11,16-19H2,1-3H3,(H,28,32)/t24-/m1/s1. The lowest BCUT2D eigenvalue weighted by Crippen LogP contribution is -2.43. The minimum Gasteiger partial charge on any atom is -0.497 e. The van der Waals surface area contributed by atoms with Crippen LogP contribution in [0.5, 0.6) is 17.4 Å². The molecule has 2 heterocycles. The van der Waals surface area contributed by atoms with Gasteiger partial charge in [0, 0.05) is 19.7 Å². The highest BCUT2D eigenvalue weighted by molar-refractivity contribution is 5.74. The summed E-state index contributed by atoms with van der Waals surface area (Å²) in [6, 6.07) is 17.2. The van der Waals surface area contributed by atoms with Crippen molar-refractivity contribution >= 4 is 6.03 Å². The van der Waals surface area contributed by atoms with E-state index in [4.69, 9.17) is 19.3 Å². The minimum atomic E-state index is -0.107. The zero-order chi connectivity index (χ0) is 24.6. The Balaban J connectivity index is 1.69. The summed E-state index contributed by atoms with van der Waals surface area (Å²) in [5.41, 5.74) is 2.54. The van der Waals surface area contributed by atoms with Crippen LogP contribution in [0.15, 0.2) is 54.6 Å². The number of nitrogens with zero attached hydrogens (tertiary/aromatic N) is 3. The van der Waals surface area contributed by atoms with Crippen molar-refractivity contribution in [3.8, 4) is 23.1 Å². The molecule has 1 fully saturated rings. The molecule has 1 aromatic heterocycles. The van der Waals surface area contributed by atoms with Crippen LogP contribution in [0.1, 0.15) is 37.4 Å². The van der Waals surface area contributed by atoms with Crippen LogP contribution in [0.4, 0.5) is 4.79 Å². The summed E-state index contributed by atoms with van der Waals surface area (Å²) >= 11 is 0. The molecule has 186 valence electrons. The Bertz CT molecular complexity index is 1090. The highest BCUT2D eigenvalue weighted by Gasteiger charge is 2.27. The fourth-order valence-electron chi connectivity index (χ4n) is 4.11. The lowest BCUT2D eigenvalue weighted by atomic mass is 10.2. The fourth-order valence-corrected chi connectivity index (χ4v) is 4.11. The first-order chi connectivity index (χ1) is 17.1. The third-order valence-corrected chi connectivity index (χ3v) is 6.02. The molecular formula is C27H34N4O4. The van der Waals surface area contributed by atoms with E-state index in [1.165, 1.54) is 0 Å². The molecule has 8 nitrogen and oxygen atoms in total. The summed E-state index contributed by atoms with van der Waals surface area (Å²) in [6.45, 7) is 6.24. The van der Waals surface area contributed by atoms with Crippen LogP contribution in [0.3, 0.4) is 0 Å². The van der Waals surface area contributed by atoms with E-state index in [9.17, 15) is 4.79 Å². The average molecular weight is 479 g/mol. The SMILES string of the molecule is CCCNC(=O)N(Cc1c(C)nn(-c2ccccc2)c1Oc1ccc(OC)cc1)C[C@H]1CCCO1. The fraction of sp³-hybridized carbons (Fsp3) is 0.407. The van der Waals surface area contributed by atoms with Gasteiger partial charge >= 0.3 is 6.03 Å². The molecule has 0 radical (unpaired) electrons. The van der Waals surface area contributed by atoms with Crippen LogP contribution in [0, 0.1) is 6.92 Å². The molecule has 0 bridgehead atoms. The molecular weight excluding hydrogens is 444 g/mol. The summed E-state index contributed by atoms with van der Waals surface area (Å²) in [5, 5.41) is 7.81. The number of nitrogens with one attached hydrogen (secondary N) is 1. The van der Waals surface area contributed by atoms with Crippen LogP contribution in [0.25, 0.3) is 5.69 Å². The number of ether oxygens (including phenoxy) is 3. The second kappa shape index (κ2) is 11.8. The van der Waals surface area contributed by atoms with Gasteiger partial charge < -0.3 is 24.4 Å². The summed E-state index contributed by atoms with van der Waals surface area (Å²) in [5.74, 6) is 1.99. The maximum absolute atomic E-state index is 13.1. The smallest absolute Gasteiger partial charge is 0.317 e. The van der Waals surface area contributed by atoms with Crippen LogP contribution in [-0.4, -0.2) is 53.6 Å². The van der Waals surface area contributed by atoms with Gasteiger partial charge in [-0.05, 0) is 62.6 Å². The number of aromatic nitrogens is 2. The van der Waals surface area contributed by atoms with E-state index in [0.29, 0.717) is 31.3 Å². The molecule has 0 saturated carbocycles. The van der Waals surface area contributed by atoms with E-state index in [2.05, 4.69) is 5.32 Å². The van der Waals surface area contributed by atoms with Crippen LogP contribution < -0.4 is 14.8 Å². The zero-order valence-corrected chi connectivity index (χ0v) is 20.7. The number of benzene rings is 2. The molecule has 2 amide bonds. The number of rotatable bonds is 10. The largest absolute Gasteiger partial charge is 0.497 e. The van der Waals surface area contributed by atoms with Gasteiger partial charge in [-0.15, -0.1) is 0 Å². The number of hydrogen-bond donors (Lipinski definition) is 1.